The molecule has 304 valence electrons. The molecule has 0 heterocycles. The van der Waals surface area contributed by atoms with Crippen LogP contribution in [0.1, 0.15) is 122 Å². The second-order valence-corrected chi connectivity index (χ2v) is 15.1. The highest BCUT2D eigenvalue weighted by Gasteiger charge is 2.22. The summed E-state index contributed by atoms with van der Waals surface area (Å²) in [4.78, 5) is 0. The largest absolute Gasteiger partial charge is 0.493 e. The fourth-order valence-corrected chi connectivity index (χ4v) is 7.62. The third-order valence-corrected chi connectivity index (χ3v) is 10.6. The Morgan fingerprint density at radius 3 is 0.661 bits per heavy atom. The summed E-state index contributed by atoms with van der Waals surface area (Å²) >= 11 is 0. The van der Waals surface area contributed by atoms with E-state index in [0.717, 1.165) is 145 Å². The number of ether oxygens (including phenoxy) is 4. The third kappa shape index (κ3) is 13.0. The van der Waals surface area contributed by atoms with Crippen LogP contribution < -0.4 is 41.9 Å². The van der Waals surface area contributed by atoms with Gasteiger partial charge in [0.05, 0.1) is 26.4 Å². The standard InChI is InChI=1S/C48H68N4O4/c49-25-5-1-9-29-53-45-37-17-13-18-38(45)34-40-20-15-22-42(47(40)55-31-11-3-7-27-51)36-44-24-16-23-43(48(44)56-32-12-4-8-28-52)35-41-21-14-19-39(33-37)46(41)54-30-10-2-6-26-50/h13-24H,1-12,25-36,49-52H2. The molecule has 0 atom stereocenters. The van der Waals surface area contributed by atoms with Gasteiger partial charge in [0, 0.05) is 25.7 Å². The fourth-order valence-electron chi connectivity index (χ4n) is 7.62. The zero-order valence-corrected chi connectivity index (χ0v) is 33.8. The van der Waals surface area contributed by atoms with Crippen molar-refractivity contribution in [2.75, 3.05) is 52.6 Å². The minimum Gasteiger partial charge on any atom is -0.493 e. The van der Waals surface area contributed by atoms with Gasteiger partial charge in [-0.05, 0) is 148 Å². The second-order valence-electron chi connectivity index (χ2n) is 15.1. The molecule has 0 aliphatic heterocycles. The summed E-state index contributed by atoms with van der Waals surface area (Å²) in [5, 5.41) is 0. The van der Waals surface area contributed by atoms with E-state index in [1.807, 2.05) is 0 Å². The third-order valence-electron chi connectivity index (χ3n) is 10.6. The number of para-hydroxylation sites is 4. The Bertz CT molecular complexity index is 1410. The SMILES string of the molecule is NCCCCCOc1c2cccc1Cc1cccc(c1OCCCCCN)Cc1cccc(c1OCCCCCN)Cc1cccc(c1OCCCCCN)C2. The van der Waals surface area contributed by atoms with Crippen LogP contribution in [0.5, 0.6) is 23.0 Å². The summed E-state index contributed by atoms with van der Waals surface area (Å²) in [6.45, 7) is 5.36. The van der Waals surface area contributed by atoms with Crippen molar-refractivity contribution >= 4 is 0 Å². The molecule has 5 rings (SSSR count). The average molecular weight is 765 g/mol. The first-order valence-corrected chi connectivity index (χ1v) is 21.4. The van der Waals surface area contributed by atoms with Crippen molar-refractivity contribution in [3.05, 3.63) is 117 Å². The highest BCUT2D eigenvalue weighted by molar-refractivity contribution is 5.56. The van der Waals surface area contributed by atoms with Gasteiger partial charge < -0.3 is 41.9 Å². The summed E-state index contributed by atoms with van der Waals surface area (Å²) < 4.78 is 27.1. The van der Waals surface area contributed by atoms with E-state index >= 15 is 0 Å². The van der Waals surface area contributed by atoms with E-state index < -0.39 is 0 Å². The molecule has 0 saturated heterocycles. The normalized spacial score (nSPS) is 12.4. The van der Waals surface area contributed by atoms with Crippen molar-refractivity contribution in [1.29, 1.82) is 0 Å². The molecule has 8 N–H and O–H groups in total. The molecular weight excluding hydrogens is 697 g/mol. The first kappa shape index (κ1) is 43.1. The monoisotopic (exact) mass is 765 g/mol. The quantitative estimate of drug-likeness (QED) is 0.0460. The number of nitrogens with two attached hydrogens (primary N) is 4. The molecule has 0 unspecified atom stereocenters. The summed E-state index contributed by atoms with van der Waals surface area (Å²) in [6, 6.07) is 26.4. The van der Waals surface area contributed by atoms with Gasteiger partial charge in [0.2, 0.25) is 0 Å². The van der Waals surface area contributed by atoms with Gasteiger partial charge in [-0.1, -0.05) is 72.8 Å². The Labute approximate surface area is 336 Å². The molecule has 0 aromatic heterocycles. The average Bonchev–Trinajstić information content (AvgIpc) is 3.20. The Hall–Kier alpha value is -4.08. The van der Waals surface area contributed by atoms with Gasteiger partial charge in [-0.2, -0.15) is 0 Å². The first-order valence-electron chi connectivity index (χ1n) is 21.4. The van der Waals surface area contributed by atoms with Gasteiger partial charge in [0.25, 0.3) is 0 Å². The molecular formula is C48H68N4O4. The molecule has 0 spiro atoms. The van der Waals surface area contributed by atoms with Gasteiger partial charge >= 0.3 is 0 Å². The molecule has 1 aliphatic carbocycles. The predicted octanol–water partition coefficient (Wildman–Crippen LogP) is 8.39. The van der Waals surface area contributed by atoms with Crippen LogP contribution in [0.2, 0.25) is 0 Å². The summed E-state index contributed by atoms with van der Waals surface area (Å²) in [6.07, 6.45) is 14.7. The van der Waals surface area contributed by atoms with E-state index in [1.54, 1.807) is 0 Å². The lowest BCUT2D eigenvalue weighted by Gasteiger charge is -2.23. The number of rotatable bonds is 24. The zero-order chi connectivity index (χ0) is 39.2. The van der Waals surface area contributed by atoms with Crippen molar-refractivity contribution in [2.24, 2.45) is 22.9 Å². The highest BCUT2D eigenvalue weighted by atomic mass is 16.5. The second kappa shape index (κ2) is 24.5. The van der Waals surface area contributed by atoms with E-state index in [2.05, 4.69) is 72.8 Å². The molecule has 1 aliphatic rings. The smallest absolute Gasteiger partial charge is 0.126 e. The molecule has 8 nitrogen and oxygen atoms in total. The van der Waals surface area contributed by atoms with E-state index in [1.165, 1.54) is 0 Å². The van der Waals surface area contributed by atoms with E-state index in [4.69, 9.17) is 41.9 Å². The minimum atomic E-state index is 0.642. The van der Waals surface area contributed by atoms with Crippen LogP contribution >= 0.6 is 0 Å². The lowest BCUT2D eigenvalue weighted by atomic mass is 9.91. The van der Waals surface area contributed by atoms with Gasteiger partial charge in [-0.25, -0.2) is 0 Å². The molecule has 0 amide bonds. The van der Waals surface area contributed by atoms with Gasteiger partial charge in [-0.15, -0.1) is 0 Å². The Morgan fingerprint density at radius 1 is 0.286 bits per heavy atom. The maximum absolute atomic E-state index is 6.78. The Morgan fingerprint density at radius 2 is 0.482 bits per heavy atom. The van der Waals surface area contributed by atoms with Crippen molar-refractivity contribution in [3.63, 3.8) is 0 Å². The summed E-state index contributed by atoms with van der Waals surface area (Å²) in [5.74, 6) is 3.84. The van der Waals surface area contributed by atoms with Gasteiger partial charge in [0.1, 0.15) is 23.0 Å². The summed E-state index contributed by atoms with van der Waals surface area (Å²) in [5.41, 5.74) is 32.5. The highest BCUT2D eigenvalue weighted by Crippen LogP contribution is 2.39. The topological polar surface area (TPSA) is 141 Å². The van der Waals surface area contributed by atoms with Gasteiger partial charge in [0.15, 0.2) is 0 Å². The number of fused-ring (bicyclic) bond motifs is 8. The lowest BCUT2D eigenvalue weighted by molar-refractivity contribution is 0.294. The van der Waals surface area contributed by atoms with Crippen molar-refractivity contribution in [2.45, 2.75) is 103 Å². The van der Waals surface area contributed by atoms with Crippen LogP contribution in [0, 0.1) is 0 Å². The van der Waals surface area contributed by atoms with E-state index in [0.29, 0.717) is 78.3 Å². The Kier molecular flexibility index (Phi) is 18.9. The molecule has 0 saturated carbocycles. The molecule has 0 radical (unpaired) electrons. The van der Waals surface area contributed by atoms with Crippen molar-refractivity contribution in [1.82, 2.24) is 0 Å². The van der Waals surface area contributed by atoms with E-state index in [9.17, 15) is 0 Å². The number of hydrogen-bond donors (Lipinski definition) is 4. The molecule has 4 aromatic rings. The Balaban J connectivity index is 1.63. The number of hydrogen-bond acceptors (Lipinski definition) is 8. The van der Waals surface area contributed by atoms with Gasteiger partial charge in [-0.3, -0.25) is 0 Å². The van der Waals surface area contributed by atoms with Crippen LogP contribution in [-0.4, -0.2) is 52.6 Å². The van der Waals surface area contributed by atoms with E-state index in [-0.39, 0.29) is 0 Å². The minimum absolute atomic E-state index is 0.642. The maximum Gasteiger partial charge on any atom is 0.126 e. The molecule has 4 aromatic carbocycles. The maximum atomic E-state index is 6.78. The first-order chi connectivity index (χ1) is 27.7. The molecule has 8 heteroatoms. The van der Waals surface area contributed by atoms with Crippen LogP contribution in [0.3, 0.4) is 0 Å². The van der Waals surface area contributed by atoms with Crippen LogP contribution in [0.4, 0.5) is 0 Å². The number of benzene rings is 4. The van der Waals surface area contributed by atoms with Crippen molar-refractivity contribution in [3.8, 4) is 23.0 Å². The predicted molar refractivity (Wildman–Crippen MR) is 231 cm³/mol. The summed E-state index contributed by atoms with van der Waals surface area (Å²) in [7, 11) is 0. The molecule has 56 heavy (non-hydrogen) atoms. The number of unbranched alkanes of at least 4 members (excludes halogenated alkanes) is 8. The van der Waals surface area contributed by atoms with Crippen LogP contribution in [0.25, 0.3) is 0 Å². The lowest BCUT2D eigenvalue weighted by Crippen LogP contribution is -2.11. The molecule has 0 fully saturated rings. The van der Waals surface area contributed by atoms with Crippen molar-refractivity contribution < 1.29 is 18.9 Å². The fraction of sp³-hybridized carbons (Fsp3) is 0.500. The zero-order valence-electron chi connectivity index (χ0n) is 33.8. The molecule has 8 bridgehead atoms. The van der Waals surface area contributed by atoms with Crippen LogP contribution in [-0.2, 0) is 25.7 Å². The van der Waals surface area contributed by atoms with Crippen LogP contribution in [0.15, 0.2) is 72.8 Å².